The first-order valence-electron chi connectivity index (χ1n) is 5.91. The molecule has 0 aliphatic carbocycles. The van der Waals surface area contributed by atoms with Crippen LogP contribution in [0.2, 0.25) is 39.3 Å². The Bertz CT molecular complexity index is 337. The fourth-order valence-corrected chi connectivity index (χ4v) is 6.97. The van der Waals surface area contributed by atoms with Crippen LogP contribution in [-0.4, -0.2) is 27.7 Å². The van der Waals surface area contributed by atoms with Gasteiger partial charge >= 0.3 is 0 Å². The van der Waals surface area contributed by atoms with E-state index < -0.39 is 16.1 Å². The van der Waals surface area contributed by atoms with Crippen molar-refractivity contribution in [2.45, 2.75) is 39.3 Å². The molecule has 0 saturated carbocycles. The molecule has 0 N–H and O–H groups in total. The Morgan fingerprint density at radius 3 is 1.35 bits per heavy atom. The van der Waals surface area contributed by atoms with Gasteiger partial charge in [0.15, 0.2) is 0 Å². The molecule has 5 heteroatoms. The highest BCUT2D eigenvalue weighted by molar-refractivity contribution is 14.1. The average molecular weight is 508 g/mol. The van der Waals surface area contributed by atoms with Gasteiger partial charge in [-0.1, -0.05) is 84.5 Å². The molecule has 1 rings (SSSR count). The molecule has 0 aromatic heterocycles. The number of thioether (sulfide) groups is 1. The zero-order valence-electron chi connectivity index (χ0n) is 11.6. The third-order valence-electron chi connectivity index (χ3n) is 2.70. The van der Waals surface area contributed by atoms with Crippen molar-refractivity contribution >= 4 is 73.1 Å². The maximum absolute atomic E-state index is 2.63. The van der Waals surface area contributed by atoms with Crippen LogP contribution in [0.5, 0.6) is 0 Å². The van der Waals surface area contributed by atoms with Crippen molar-refractivity contribution in [3.63, 3.8) is 0 Å². The Labute approximate surface area is 140 Å². The lowest BCUT2D eigenvalue weighted by Crippen LogP contribution is -2.25. The zero-order chi connectivity index (χ0) is 13.4. The Kier molecular flexibility index (Phi) is 5.93. The molecule has 98 valence electrons. The summed E-state index contributed by atoms with van der Waals surface area (Å²) in [6.07, 6.45) is 0. The summed E-state index contributed by atoms with van der Waals surface area (Å²) in [5.74, 6) is 2.49. The van der Waals surface area contributed by atoms with E-state index in [4.69, 9.17) is 0 Å². The van der Waals surface area contributed by atoms with Crippen LogP contribution in [0, 0.1) is 0 Å². The molecule has 0 aromatic carbocycles. The summed E-state index contributed by atoms with van der Waals surface area (Å²) >= 11 is 7.36. The third-order valence-corrected chi connectivity index (χ3v) is 17.9. The molecule has 0 spiro atoms. The van der Waals surface area contributed by atoms with Crippen molar-refractivity contribution in [1.29, 1.82) is 0 Å². The van der Waals surface area contributed by atoms with Crippen LogP contribution in [0.15, 0.2) is 17.6 Å². The van der Waals surface area contributed by atoms with E-state index in [-0.39, 0.29) is 0 Å². The van der Waals surface area contributed by atoms with Gasteiger partial charge in [0.1, 0.15) is 0 Å². The first kappa shape index (κ1) is 16.8. The van der Waals surface area contributed by atoms with Gasteiger partial charge in [0, 0.05) is 11.5 Å². The van der Waals surface area contributed by atoms with Gasteiger partial charge in [0.2, 0.25) is 0 Å². The average Bonchev–Trinajstić information content (AvgIpc) is 2.60. The van der Waals surface area contributed by atoms with E-state index in [1.54, 1.807) is 17.6 Å². The summed E-state index contributed by atoms with van der Waals surface area (Å²) in [6.45, 7) is 14.8. The molecule has 0 radical (unpaired) electrons. The molecule has 1 aliphatic rings. The van der Waals surface area contributed by atoms with Crippen molar-refractivity contribution in [1.82, 2.24) is 0 Å². The van der Waals surface area contributed by atoms with E-state index in [2.05, 4.69) is 96.2 Å². The summed E-state index contributed by atoms with van der Waals surface area (Å²) in [5.41, 5.74) is 3.39. The van der Waals surface area contributed by atoms with Crippen molar-refractivity contribution in [3.05, 3.63) is 17.6 Å². The quantitative estimate of drug-likeness (QED) is 0.333. The second-order valence-electron chi connectivity index (χ2n) is 6.58. The van der Waals surface area contributed by atoms with E-state index in [0.717, 1.165) is 0 Å². The van der Waals surface area contributed by atoms with Crippen LogP contribution in [0.3, 0.4) is 0 Å². The standard InChI is InChI=1S/C12H22I2SSi2/c1-16(2,3)11(13)9-7-15-8-10(9)12(14)17(4,5)6/h7-8H2,1-6H3/b11-9+,12-10+. The molecule has 1 aliphatic heterocycles. The zero-order valence-corrected chi connectivity index (χ0v) is 18.7. The van der Waals surface area contributed by atoms with Crippen LogP contribution >= 0.6 is 56.9 Å². The van der Waals surface area contributed by atoms with Gasteiger partial charge in [-0.3, -0.25) is 0 Å². The third kappa shape index (κ3) is 4.35. The maximum atomic E-state index is 2.63. The molecule has 0 atom stereocenters. The lowest BCUT2D eigenvalue weighted by molar-refractivity contribution is 1.43. The Morgan fingerprint density at radius 1 is 0.824 bits per heavy atom. The Hall–Kier alpha value is 1.72. The van der Waals surface area contributed by atoms with Gasteiger partial charge in [0.05, 0.1) is 16.1 Å². The number of halogens is 2. The topological polar surface area (TPSA) is 0 Å². The molecular formula is C12H22I2SSi2. The smallest absolute Gasteiger partial charge is 0.0858 e. The van der Waals surface area contributed by atoms with Crippen LogP contribution in [0.1, 0.15) is 0 Å². The summed E-state index contributed by atoms with van der Waals surface area (Å²) in [7, 11) is -2.28. The highest BCUT2D eigenvalue weighted by Gasteiger charge is 2.30. The minimum atomic E-state index is -1.14. The van der Waals surface area contributed by atoms with E-state index >= 15 is 0 Å². The van der Waals surface area contributed by atoms with Crippen LogP contribution < -0.4 is 0 Å². The summed E-state index contributed by atoms with van der Waals surface area (Å²) in [5, 5.41) is 0. The second kappa shape index (κ2) is 6.01. The first-order valence-corrected chi connectivity index (χ1v) is 16.2. The normalized spacial score (nSPS) is 24.0. The monoisotopic (exact) mass is 508 g/mol. The predicted octanol–water partition coefficient (Wildman–Crippen LogP) is 5.87. The van der Waals surface area contributed by atoms with Gasteiger partial charge in [-0.05, 0) is 17.6 Å². The predicted molar refractivity (Wildman–Crippen MR) is 106 cm³/mol. The van der Waals surface area contributed by atoms with E-state index in [1.165, 1.54) is 11.5 Å². The number of hydrogen-bond acceptors (Lipinski definition) is 1. The molecule has 0 nitrogen and oxygen atoms in total. The van der Waals surface area contributed by atoms with Gasteiger partial charge in [-0.15, -0.1) is 0 Å². The summed E-state index contributed by atoms with van der Waals surface area (Å²) < 4.78 is 3.39. The molecule has 1 heterocycles. The molecule has 1 fully saturated rings. The Balaban J connectivity index is 3.29. The van der Waals surface area contributed by atoms with Crippen molar-refractivity contribution in [2.24, 2.45) is 0 Å². The van der Waals surface area contributed by atoms with E-state index in [0.29, 0.717) is 0 Å². The van der Waals surface area contributed by atoms with Crippen LogP contribution in [0.4, 0.5) is 0 Å². The molecule has 0 bridgehead atoms. The van der Waals surface area contributed by atoms with Gasteiger partial charge in [-0.2, -0.15) is 11.8 Å². The maximum Gasteiger partial charge on any atom is 0.0858 e. The highest BCUT2D eigenvalue weighted by atomic mass is 127. The molecule has 0 aromatic rings. The second-order valence-corrected chi connectivity index (χ2v) is 21.8. The number of rotatable bonds is 2. The van der Waals surface area contributed by atoms with Crippen molar-refractivity contribution in [2.75, 3.05) is 11.5 Å². The minimum Gasteiger partial charge on any atom is -0.152 e. The van der Waals surface area contributed by atoms with Crippen LogP contribution in [0.25, 0.3) is 0 Å². The van der Waals surface area contributed by atoms with Gasteiger partial charge in [0.25, 0.3) is 0 Å². The molecule has 0 unspecified atom stereocenters. The minimum absolute atomic E-state index is 1.14. The summed E-state index contributed by atoms with van der Waals surface area (Å²) in [6, 6.07) is 0. The lowest BCUT2D eigenvalue weighted by atomic mass is 10.2. The largest absolute Gasteiger partial charge is 0.152 e. The fourth-order valence-electron chi connectivity index (χ4n) is 1.73. The molecular weight excluding hydrogens is 486 g/mol. The fraction of sp³-hybridized carbons (Fsp3) is 0.667. The van der Waals surface area contributed by atoms with Gasteiger partial charge < -0.3 is 0 Å². The highest BCUT2D eigenvalue weighted by Crippen LogP contribution is 2.41. The number of hydrogen-bond donors (Lipinski definition) is 0. The summed E-state index contributed by atoms with van der Waals surface area (Å²) in [4.78, 5) is 0. The first-order chi connectivity index (χ1) is 7.55. The van der Waals surface area contributed by atoms with Crippen LogP contribution in [-0.2, 0) is 0 Å². The Morgan fingerprint density at radius 2 is 1.12 bits per heavy atom. The molecule has 0 amide bonds. The molecule has 17 heavy (non-hydrogen) atoms. The van der Waals surface area contributed by atoms with E-state index in [9.17, 15) is 0 Å². The molecule has 1 saturated heterocycles. The van der Waals surface area contributed by atoms with Gasteiger partial charge in [-0.25, -0.2) is 0 Å². The van der Waals surface area contributed by atoms with Crippen molar-refractivity contribution < 1.29 is 0 Å². The van der Waals surface area contributed by atoms with Crippen molar-refractivity contribution in [3.8, 4) is 0 Å². The van der Waals surface area contributed by atoms with E-state index in [1.807, 2.05) is 0 Å². The lowest BCUT2D eigenvalue weighted by Gasteiger charge is -2.22. The SMILES string of the molecule is C[Si](C)(C)/C(I)=C1\CSC\C1=C(\I)[Si](C)(C)C.